The highest BCUT2D eigenvalue weighted by atomic mass is 16.7. The topological polar surface area (TPSA) is 135 Å². The Kier molecular flexibility index (Phi) is 38.2. The molecular formula is C48H92O9. The van der Waals surface area contributed by atoms with Crippen molar-refractivity contribution in [2.24, 2.45) is 0 Å². The number of carbonyl (C=O) groups excluding carboxylic acids is 1. The van der Waals surface area contributed by atoms with Crippen LogP contribution in [0, 0.1) is 0 Å². The Morgan fingerprint density at radius 1 is 0.544 bits per heavy atom. The monoisotopic (exact) mass is 813 g/mol. The van der Waals surface area contributed by atoms with E-state index in [9.17, 15) is 25.2 Å². The summed E-state index contributed by atoms with van der Waals surface area (Å²) in [5.74, 6) is -0.312. The molecule has 0 amide bonds. The fourth-order valence-electron chi connectivity index (χ4n) is 7.61. The molecule has 9 heteroatoms. The van der Waals surface area contributed by atoms with Crippen molar-refractivity contribution in [1.82, 2.24) is 0 Å². The molecule has 0 aliphatic carbocycles. The second-order valence-electron chi connectivity index (χ2n) is 16.9. The van der Waals surface area contributed by atoms with E-state index in [0.29, 0.717) is 13.0 Å². The summed E-state index contributed by atoms with van der Waals surface area (Å²) in [6.45, 7) is 4.58. The van der Waals surface area contributed by atoms with Crippen LogP contribution in [0.25, 0.3) is 0 Å². The van der Waals surface area contributed by atoms with Gasteiger partial charge >= 0.3 is 5.97 Å². The second-order valence-corrected chi connectivity index (χ2v) is 16.9. The number of aliphatic hydroxyl groups excluding tert-OH is 4. The number of rotatable bonds is 42. The molecule has 0 aromatic carbocycles. The first kappa shape index (κ1) is 53.9. The molecule has 6 unspecified atom stereocenters. The van der Waals surface area contributed by atoms with E-state index in [1.54, 1.807) is 0 Å². The van der Waals surface area contributed by atoms with Crippen molar-refractivity contribution < 1.29 is 44.2 Å². The van der Waals surface area contributed by atoms with Gasteiger partial charge in [0.25, 0.3) is 0 Å². The molecule has 1 heterocycles. The van der Waals surface area contributed by atoms with E-state index in [4.69, 9.17) is 18.9 Å². The highest BCUT2D eigenvalue weighted by Gasteiger charge is 2.44. The molecule has 338 valence electrons. The Morgan fingerprint density at radius 3 is 1.42 bits per heavy atom. The van der Waals surface area contributed by atoms with E-state index in [-0.39, 0.29) is 19.2 Å². The molecule has 0 radical (unpaired) electrons. The average molecular weight is 813 g/mol. The lowest BCUT2D eigenvalue weighted by Gasteiger charge is -2.39. The molecule has 57 heavy (non-hydrogen) atoms. The van der Waals surface area contributed by atoms with Gasteiger partial charge in [0.2, 0.25) is 0 Å². The van der Waals surface area contributed by atoms with Gasteiger partial charge in [0.15, 0.2) is 6.29 Å². The normalized spacial score (nSPS) is 20.4. The summed E-state index contributed by atoms with van der Waals surface area (Å²) in [6.07, 6.45) is 38.3. The Bertz CT molecular complexity index is 884. The highest BCUT2D eigenvalue weighted by Crippen LogP contribution is 2.23. The Balaban J connectivity index is 2.14. The van der Waals surface area contributed by atoms with Crippen LogP contribution in [0.2, 0.25) is 0 Å². The molecule has 1 saturated heterocycles. The Hall–Kier alpha value is -1.07. The predicted molar refractivity (Wildman–Crippen MR) is 233 cm³/mol. The van der Waals surface area contributed by atoms with Crippen molar-refractivity contribution in [2.75, 3.05) is 26.4 Å². The summed E-state index contributed by atoms with van der Waals surface area (Å²) in [5.41, 5.74) is 0. The van der Waals surface area contributed by atoms with Gasteiger partial charge < -0.3 is 39.4 Å². The van der Waals surface area contributed by atoms with Crippen molar-refractivity contribution in [3.63, 3.8) is 0 Å². The minimum Gasteiger partial charge on any atom is -0.457 e. The standard InChI is InChI=1S/C48H92O9/c1-3-5-7-9-11-13-15-16-17-18-19-20-21-22-23-24-25-26-27-28-30-32-34-36-38-54-40-42(41-55-48-47(53)46(52)45(51)43(39-49)57-48)56-44(50)37-35-33-31-29-14-12-10-8-6-4-2/h18-19,42-43,45-49,51-53H,3-17,20-41H2,1-2H3/b19-18-. The number of hydrogen-bond donors (Lipinski definition) is 4. The average Bonchev–Trinajstić information content (AvgIpc) is 3.21. The van der Waals surface area contributed by atoms with Gasteiger partial charge in [-0.1, -0.05) is 193 Å². The summed E-state index contributed by atoms with van der Waals surface area (Å²) >= 11 is 0. The van der Waals surface area contributed by atoms with Gasteiger partial charge in [-0.25, -0.2) is 0 Å². The first-order valence-electron chi connectivity index (χ1n) is 24.3. The molecule has 0 saturated carbocycles. The number of ether oxygens (including phenoxy) is 4. The zero-order valence-electron chi connectivity index (χ0n) is 37.1. The van der Waals surface area contributed by atoms with Crippen LogP contribution in [0.1, 0.15) is 226 Å². The zero-order valence-corrected chi connectivity index (χ0v) is 37.1. The molecule has 0 aromatic heterocycles. The largest absolute Gasteiger partial charge is 0.457 e. The van der Waals surface area contributed by atoms with Crippen LogP contribution in [-0.4, -0.2) is 89.6 Å². The van der Waals surface area contributed by atoms with Gasteiger partial charge in [-0.3, -0.25) is 4.79 Å². The van der Waals surface area contributed by atoms with Gasteiger partial charge in [0, 0.05) is 13.0 Å². The molecule has 1 aliphatic heterocycles. The first-order chi connectivity index (χ1) is 27.9. The smallest absolute Gasteiger partial charge is 0.306 e. The maximum atomic E-state index is 12.7. The van der Waals surface area contributed by atoms with Crippen molar-refractivity contribution in [3.05, 3.63) is 12.2 Å². The van der Waals surface area contributed by atoms with Crippen molar-refractivity contribution in [1.29, 1.82) is 0 Å². The quantitative estimate of drug-likeness (QED) is 0.0270. The molecule has 0 aromatic rings. The van der Waals surface area contributed by atoms with E-state index < -0.39 is 43.4 Å². The number of aliphatic hydroxyl groups is 4. The second kappa shape index (κ2) is 40.3. The van der Waals surface area contributed by atoms with Gasteiger partial charge in [-0.05, 0) is 38.5 Å². The van der Waals surface area contributed by atoms with Crippen LogP contribution in [0.3, 0.4) is 0 Å². The third-order valence-corrected chi connectivity index (χ3v) is 11.4. The highest BCUT2D eigenvalue weighted by molar-refractivity contribution is 5.69. The maximum Gasteiger partial charge on any atom is 0.306 e. The summed E-state index contributed by atoms with van der Waals surface area (Å²) in [5, 5.41) is 40.1. The number of allylic oxidation sites excluding steroid dienone is 2. The van der Waals surface area contributed by atoms with Gasteiger partial charge in [0.1, 0.15) is 30.5 Å². The zero-order chi connectivity index (χ0) is 41.4. The number of hydrogen-bond acceptors (Lipinski definition) is 9. The third-order valence-electron chi connectivity index (χ3n) is 11.4. The molecule has 0 bridgehead atoms. The van der Waals surface area contributed by atoms with Gasteiger partial charge in [0.05, 0.1) is 19.8 Å². The fourth-order valence-corrected chi connectivity index (χ4v) is 7.61. The lowest BCUT2D eigenvalue weighted by Crippen LogP contribution is -2.59. The van der Waals surface area contributed by atoms with Crippen LogP contribution in [0.5, 0.6) is 0 Å². The fraction of sp³-hybridized carbons (Fsp3) is 0.938. The van der Waals surface area contributed by atoms with Crippen LogP contribution in [-0.2, 0) is 23.7 Å². The molecule has 9 nitrogen and oxygen atoms in total. The minimum atomic E-state index is -1.53. The van der Waals surface area contributed by atoms with Crippen molar-refractivity contribution >= 4 is 5.97 Å². The van der Waals surface area contributed by atoms with E-state index in [0.717, 1.165) is 32.1 Å². The molecular weight excluding hydrogens is 721 g/mol. The summed E-state index contributed by atoms with van der Waals surface area (Å²) in [7, 11) is 0. The van der Waals surface area contributed by atoms with E-state index in [1.165, 1.54) is 173 Å². The van der Waals surface area contributed by atoms with Gasteiger partial charge in [-0.15, -0.1) is 0 Å². The molecule has 1 rings (SSSR count). The van der Waals surface area contributed by atoms with E-state index in [2.05, 4.69) is 26.0 Å². The minimum absolute atomic E-state index is 0.108. The number of carbonyl (C=O) groups is 1. The predicted octanol–water partition coefficient (Wildman–Crippen LogP) is 11.2. The van der Waals surface area contributed by atoms with Crippen LogP contribution < -0.4 is 0 Å². The lowest BCUT2D eigenvalue weighted by atomic mass is 9.99. The van der Waals surface area contributed by atoms with Crippen LogP contribution >= 0.6 is 0 Å². The SMILES string of the molecule is CCCCCCCCCC/C=C\CCCCCCCCCCCCCCOCC(COC1OC(CO)C(O)C(O)C1O)OC(=O)CCCCCCCCCCCC. The van der Waals surface area contributed by atoms with Gasteiger partial charge in [-0.2, -0.15) is 0 Å². The number of unbranched alkanes of at least 4 members (excludes halogenated alkanes) is 29. The maximum absolute atomic E-state index is 12.7. The van der Waals surface area contributed by atoms with Crippen molar-refractivity contribution in [3.8, 4) is 0 Å². The van der Waals surface area contributed by atoms with Crippen molar-refractivity contribution in [2.45, 2.75) is 263 Å². The molecule has 1 fully saturated rings. The van der Waals surface area contributed by atoms with E-state index in [1.807, 2.05) is 0 Å². The first-order valence-corrected chi connectivity index (χ1v) is 24.3. The lowest BCUT2D eigenvalue weighted by molar-refractivity contribution is -0.305. The van der Waals surface area contributed by atoms with Crippen LogP contribution in [0.15, 0.2) is 12.2 Å². The molecule has 0 spiro atoms. The molecule has 6 atom stereocenters. The molecule has 1 aliphatic rings. The van der Waals surface area contributed by atoms with E-state index >= 15 is 0 Å². The summed E-state index contributed by atoms with van der Waals surface area (Å²) in [6, 6.07) is 0. The summed E-state index contributed by atoms with van der Waals surface area (Å²) < 4.78 is 22.8. The molecule has 4 N–H and O–H groups in total. The van der Waals surface area contributed by atoms with Crippen LogP contribution in [0.4, 0.5) is 0 Å². The summed E-state index contributed by atoms with van der Waals surface area (Å²) in [4.78, 5) is 12.7. The Labute approximate surface area is 350 Å². The number of esters is 1. The Morgan fingerprint density at radius 2 is 0.965 bits per heavy atom. The third kappa shape index (κ3) is 31.5.